The van der Waals surface area contributed by atoms with Gasteiger partial charge in [-0.15, -0.1) is 0 Å². The molecule has 2 N–H and O–H groups in total. The minimum atomic E-state index is -0.837. The van der Waals surface area contributed by atoms with Crippen molar-refractivity contribution >= 4 is 23.1 Å². The van der Waals surface area contributed by atoms with Gasteiger partial charge in [-0.05, 0) is 42.2 Å². The molecule has 31 heavy (non-hydrogen) atoms. The number of anilines is 2. The fourth-order valence-electron chi connectivity index (χ4n) is 4.42. The summed E-state index contributed by atoms with van der Waals surface area (Å²) in [7, 11) is 4.47. The van der Waals surface area contributed by atoms with Gasteiger partial charge in [0.15, 0.2) is 17.3 Å². The third-order valence-electron chi connectivity index (χ3n) is 5.97. The number of hydrogen-bond donors (Lipinski definition) is 2. The van der Waals surface area contributed by atoms with Crippen molar-refractivity contribution < 1.29 is 23.8 Å². The fourth-order valence-corrected chi connectivity index (χ4v) is 4.42. The van der Waals surface area contributed by atoms with Gasteiger partial charge in [-0.3, -0.25) is 9.59 Å². The van der Waals surface area contributed by atoms with Crippen molar-refractivity contribution in [1.29, 1.82) is 0 Å². The van der Waals surface area contributed by atoms with Crippen LogP contribution in [0.25, 0.3) is 0 Å². The average molecular weight is 422 g/mol. The summed E-state index contributed by atoms with van der Waals surface area (Å²) >= 11 is 0. The molecule has 1 aliphatic heterocycles. The van der Waals surface area contributed by atoms with Crippen LogP contribution in [0.15, 0.2) is 53.7 Å². The Balaban J connectivity index is 1.88. The van der Waals surface area contributed by atoms with E-state index in [1.807, 2.05) is 49.4 Å². The number of fused-ring (bicyclic) bond motifs is 1. The second-order valence-electron chi connectivity index (χ2n) is 7.80. The second-order valence-corrected chi connectivity index (χ2v) is 7.80. The van der Waals surface area contributed by atoms with E-state index in [4.69, 9.17) is 14.2 Å². The molecule has 7 heteroatoms. The third-order valence-corrected chi connectivity index (χ3v) is 5.97. The minimum absolute atomic E-state index is 0.178. The van der Waals surface area contributed by atoms with Gasteiger partial charge in [0.1, 0.15) is 5.92 Å². The minimum Gasteiger partial charge on any atom is -0.493 e. The molecular weight excluding hydrogens is 396 g/mol. The first kappa shape index (κ1) is 20.8. The van der Waals surface area contributed by atoms with Gasteiger partial charge in [0, 0.05) is 11.3 Å². The fraction of sp³-hybridized carbons (Fsp3) is 0.333. The van der Waals surface area contributed by atoms with Crippen LogP contribution in [0.5, 0.6) is 11.5 Å². The van der Waals surface area contributed by atoms with E-state index in [1.165, 1.54) is 7.11 Å². The molecule has 4 rings (SSSR count). The van der Waals surface area contributed by atoms with Crippen LogP contribution in [0.2, 0.25) is 0 Å². The van der Waals surface area contributed by atoms with Crippen LogP contribution in [0.4, 0.5) is 11.4 Å². The zero-order valence-electron chi connectivity index (χ0n) is 18.0. The van der Waals surface area contributed by atoms with Crippen molar-refractivity contribution in [1.82, 2.24) is 0 Å². The van der Waals surface area contributed by atoms with Gasteiger partial charge in [-0.2, -0.15) is 0 Å². The highest BCUT2D eigenvalue weighted by Crippen LogP contribution is 2.44. The Morgan fingerprint density at radius 3 is 2.39 bits per heavy atom. The molecule has 1 heterocycles. The number of Topliss-reactive ketones (excluding diaryl/α,β-unsaturated/α-hetero) is 1. The first-order valence-corrected chi connectivity index (χ1v) is 10.2. The summed E-state index contributed by atoms with van der Waals surface area (Å²) in [4.78, 5) is 26.1. The number of hydrogen-bond acceptors (Lipinski definition) is 7. The highest BCUT2D eigenvalue weighted by molar-refractivity contribution is 6.11. The molecule has 3 unspecified atom stereocenters. The monoisotopic (exact) mass is 422 g/mol. The summed E-state index contributed by atoms with van der Waals surface area (Å²) in [5, 5.41) is 6.94. The molecule has 0 spiro atoms. The standard InChI is InChI=1S/C24H26N2O5/c1-13-11-17-21(23(27)20(13)24(28)31-4)22(26-16-8-6-5-7-15(16)25-17)14-9-10-18(29-2)19(12-14)30-3/h5-10,12-13,20,22,25-26H,11H2,1-4H3. The van der Waals surface area contributed by atoms with Crippen molar-refractivity contribution in [3.8, 4) is 11.5 Å². The van der Waals surface area contributed by atoms with Crippen LogP contribution in [0.3, 0.4) is 0 Å². The summed E-state index contributed by atoms with van der Waals surface area (Å²) in [5.74, 6) is -0.581. The molecule has 1 aliphatic carbocycles. The summed E-state index contributed by atoms with van der Waals surface area (Å²) in [6.45, 7) is 1.90. The normalized spacial score (nSPS) is 22.3. The molecule has 2 aliphatic rings. The maximum atomic E-state index is 13.6. The van der Waals surface area contributed by atoms with Gasteiger partial charge >= 0.3 is 5.97 Å². The average Bonchev–Trinajstić information content (AvgIpc) is 2.94. The molecule has 0 bridgehead atoms. The van der Waals surface area contributed by atoms with Gasteiger partial charge in [0.25, 0.3) is 0 Å². The maximum absolute atomic E-state index is 13.6. The molecule has 0 aromatic heterocycles. The number of ether oxygens (including phenoxy) is 3. The Labute approximate surface area is 181 Å². The summed E-state index contributed by atoms with van der Waals surface area (Å²) < 4.78 is 15.8. The van der Waals surface area contributed by atoms with E-state index in [2.05, 4.69) is 10.6 Å². The molecule has 0 saturated heterocycles. The number of carbonyl (C=O) groups excluding carboxylic acids is 2. The molecule has 0 amide bonds. The lowest BCUT2D eigenvalue weighted by molar-refractivity contribution is -0.151. The lowest BCUT2D eigenvalue weighted by atomic mass is 9.75. The molecular formula is C24H26N2O5. The topological polar surface area (TPSA) is 85.9 Å². The van der Waals surface area contributed by atoms with Crippen molar-refractivity contribution in [2.75, 3.05) is 32.0 Å². The zero-order chi connectivity index (χ0) is 22.1. The first-order valence-electron chi connectivity index (χ1n) is 10.2. The number of ketones is 1. The Hall–Kier alpha value is -3.48. The molecule has 0 saturated carbocycles. The molecule has 7 nitrogen and oxygen atoms in total. The van der Waals surface area contributed by atoms with Crippen LogP contribution in [0, 0.1) is 11.8 Å². The van der Waals surface area contributed by atoms with Crippen LogP contribution in [-0.2, 0) is 14.3 Å². The van der Waals surface area contributed by atoms with Crippen molar-refractivity contribution in [2.45, 2.75) is 19.4 Å². The highest BCUT2D eigenvalue weighted by atomic mass is 16.5. The van der Waals surface area contributed by atoms with Gasteiger partial charge in [0.05, 0.1) is 38.7 Å². The lowest BCUT2D eigenvalue weighted by Crippen LogP contribution is -2.39. The number of para-hydroxylation sites is 2. The predicted octanol–water partition coefficient (Wildman–Crippen LogP) is 3.93. The van der Waals surface area contributed by atoms with E-state index >= 15 is 0 Å². The number of nitrogens with one attached hydrogen (secondary N) is 2. The summed E-state index contributed by atoms with van der Waals surface area (Å²) in [6.07, 6.45) is 0.556. The Morgan fingerprint density at radius 1 is 1.00 bits per heavy atom. The van der Waals surface area contributed by atoms with E-state index in [0.29, 0.717) is 23.5 Å². The molecule has 2 aromatic carbocycles. The molecule has 0 fully saturated rings. The summed E-state index contributed by atoms with van der Waals surface area (Å²) in [5.41, 5.74) is 3.93. The van der Waals surface area contributed by atoms with Crippen molar-refractivity contribution in [3.05, 3.63) is 59.3 Å². The van der Waals surface area contributed by atoms with E-state index in [-0.39, 0.29) is 11.7 Å². The Bertz CT molecular complexity index is 1060. The third kappa shape index (κ3) is 3.60. The van der Waals surface area contributed by atoms with E-state index in [9.17, 15) is 9.59 Å². The van der Waals surface area contributed by atoms with Crippen molar-refractivity contribution in [2.24, 2.45) is 11.8 Å². The number of allylic oxidation sites excluding steroid dienone is 1. The van der Waals surface area contributed by atoms with Crippen LogP contribution < -0.4 is 20.1 Å². The largest absolute Gasteiger partial charge is 0.493 e. The zero-order valence-corrected chi connectivity index (χ0v) is 18.0. The quantitative estimate of drug-likeness (QED) is 0.570. The van der Waals surface area contributed by atoms with Gasteiger partial charge in [0.2, 0.25) is 0 Å². The van der Waals surface area contributed by atoms with Gasteiger partial charge in [-0.25, -0.2) is 0 Å². The van der Waals surface area contributed by atoms with E-state index in [1.54, 1.807) is 14.2 Å². The number of rotatable bonds is 4. The van der Waals surface area contributed by atoms with Crippen molar-refractivity contribution in [3.63, 3.8) is 0 Å². The smallest absolute Gasteiger partial charge is 0.316 e. The summed E-state index contributed by atoms with van der Waals surface area (Å²) in [6, 6.07) is 12.9. The number of methoxy groups -OCH3 is 3. The highest BCUT2D eigenvalue weighted by Gasteiger charge is 2.44. The molecule has 2 aromatic rings. The molecule has 3 atom stereocenters. The van der Waals surface area contributed by atoms with E-state index < -0.39 is 17.9 Å². The van der Waals surface area contributed by atoms with Crippen LogP contribution in [-0.4, -0.2) is 33.1 Å². The number of esters is 1. The molecule has 0 radical (unpaired) electrons. The second kappa shape index (κ2) is 8.34. The van der Waals surface area contributed by atoms with Crippen LogP contribution in [0.1, 0.15) is 24.9 Å². The Morgan fingerprint density at radius 2 is 1.71 bits per heavy atom. The number of carbonyl (C=O) groups is 2. The number of benzene rings is 2. The van der Waals surface area contributed by atoms with E-state index in [0.717, 1.165) is 22.6 Å². The maximum Gasteiger partial charge on any atom is 0.316 e. The van der Waals surface area contributed by atoms with Gasteiger partial charge < -0.3 is 24.8 Å². The van der Waals surface area contributed by atoms with Crippen LogP contribution >= 0.6 is 0 Å². The molecule has 162 valence electrons. The SMILES string of the molecule is COC(=O)C1C(=O)C2=C(CC1C)Nc1ccccc1NC2c1ccc(OC)c(OC)c1. The Kier molecular flexibility index (Phi) is 5.59. The first-order chi connectivity index (χ1) is 15.0. The predicted molar refractivity (Wildman–Crippen MR) is 117 cm³/mol. The van der Waals surface area contributed by atoms with Gasteiger partial charge in [-0.1, -0.05) is 25.1 Å². The lowest BCUT2D eigenvalue weighted by Gasteiger charge is -2.32.